The van der Waals surface area contributed by atoms with Gasteiger partial charge in [-0.1, -0.05) is 0 Å². The van der Waals surface area contributed by atoms with Gasteiger partial charge in [-0.15, -0.1) is 0 Å². The average Bonchev–Trinajstić information content (AvgIpc) is 2.04. The summed E-state index contributed by atoms with van der Waals surface area (Å²) in [6.07, 6.45) is 0.395. The van der Waals surface area contributed by atoms with Crippen molar-refractivity contribution in [3.63, 3.8) is 0 Å². The molecule has 1 fully saturated rings. The molecule has 0 amide bonds. The van der Waals surface area contributed by atoms with Crippen molar-refractivity contribution < 1.29 is 19.8 Å². The second-order valence-electron chi connectivity index (χ2n) is 2.88. The first-order chi connectivity index (χ1) is 5.63. The van der Waals surface area contributed by atoms with Gasteiger partial charge in [0.2, 0.25) is 0 Å². The van der Waals surface area contributed by atoms with E-state index in [1.807, 2.05) is 0 Å². The van der Waals surface area contributed by atoms with Crippen LogP contribution in [0.3, 0.4) is 0 Å². The summed E-state index contributed by atoms with van der Waals surface area (Å²) in [5, 5.41) is 20.2. The van der Waals surface area contributed by atoms with Gasteiger partial charge in [0.25, 0.3) is 0 Å². The first kappa shape index (κ1) is 12.9. The van der Waals surface area contributed by atoms with Crippen LogP contribution in [0.5, 0.6) is 0 Å². The molecule has 0 spiro atoms. The molecule has 3 N–H and O–H groups in total. The second-order valence-corrected chi connectivity index (χ2v) is 2.88. The number of rotatable bonds is 2. The van der Waals surface area contributed by atoms with E-state index in [9.17, 15) is 9.59 Å². The van der Waals surface area contributed by atoms with Crippen LogP contribution in [0.2, 0.25) is 0 Å². The van der Waals surface area contributed by atoms with Gasteiger partial charge in [-0.05, 0) is 13.0 Å². The summed E-state index contributed by atoms with van der Waals surface area (Å²) >= 11 is 0. The fraction of sp³-hybridized carbons (Fsp3) is 0.714. The van der Waals surface area contributed by atoms with E-state index >= 15 is 0 Å². The van der Waals surface area contributed by atoms with Gasteiger partial charge in [-0.2, -0.15) is 0 Å². The number of hydrogen-bond donors (Lipinski definition) is 3. The molecule has 1 heterocycles. The van der Waals surface area contributed by atoms with Gasteiger partial charge in [-0.25, -0.2) is 0 Å². The Hall–Kier alpha value is -0.100. The SMILES string of the molecule is O=C(O)C1CCNCC1C(=O)O.[NaH]. The third-order valence-electron chi connectivity index (χ3n) is 2.12. The summed E-state index contributed by atoms with van der Waals surface area (Å²) < 4.78 is 0. The van der Waals surface area contributed by atoms with Gasteiger partial charge in [0.1, 0.15) is 0 Å². The maximum atomic E-state index is 10.6. The van der Waals surface area contributed by atoms with E-state index in [4.69, 9.17) is 10.2 Å². The van der Waals surface area contributed by atoms with Gasteiger partial charge >= 0.3 is 41.5 Å². The van der Waals surface area contributed by atoms with Crippen LogP contribution in [0.25, 0.3) is 0 Å². The molecule has 70 valence electrons. The minimum absolute atomic E-state index is 0. The molecule has 2 unspecified atom stereocenters. The van der Waals surface area contributed by atoms with Crippen LogP contribution in [0.15, 0.2) is 0 Å². The molecule has 1 aliphatic heterocycles. The minimum atomic E-state index is -1.03. The van der Waals surface area contributed by atoms with Crippen molar-refractivity contribution in [1.82, 2.24) is 5.32 Å². The molecule has 6 heteroatoms. The fourth-order valence-corrected chi connectivity index (χ4v) is 1.41. The number of carboxylic acids is 2. The summed E-state index contributed by atoms with van der Waals surface area (Å²) in [5.74, 6) is -3.56. The van der Waals surface area contributed by atoms with E-state index in [1.54, 1.807) is 0 Å². The zero-order chi connectivity index (χ0) is 9.14. The fourth-order valence-electron chi connectivity index (χ4n) is 1.41. The quantitative estimate of drug-likeness (QED) is 0.481. The van der Waals surface area contributed by atoms with Crippen molar-refractivity contribution in [2.24, 2.45) is 11.8 Å². The molecular formula is C7H12NNaO4. The van der Waals surface area contributed by atoms with E-state index in [0.717, 1.165) is 0 Å². The van der Waals surface area contributed by atoms with E-state index in [1.165, 1.54) is 0 Å². The molecule has 0 radical (unpaired) electrons. The van der Waals surface area contributed by atoms with Crippen molar-refractivity contribution in [3.05, 3.63) is 0 Å². The molecule has 0 aromatic carbocycles. The van der Waals surface area contributed by atoms with Crippen LogP contribution in [0, 0.1) is 11.8 Å². The van der Waals surface area contributed by atoms with Crippen LogP contribution < -0.4 is 5.32 Å². The first-order valence-electron chi connectivity index (χ1n) is 3.79. The van der Waals surface area contributed by atoms with E-state index in [2.05, 4.69) is 5.32 Å². The van der Waals surface area contributed by atoms with E-state index in [-0.39, 0.29) is 36.1 Å². The summed E-state index contributed by atoms with van der Waals surface area (Å²) in [5.41, 5.74) is 0. The number of piperidine rings is 1. The molecule has 2 atom stereocenters. The van der Waals surface area contributed by atoms with E-state index in [0.29, 0.717) is 13.0 Å². The molecule has 0 aromatic rings. The Bertz CT molecular complexity index is 187. The van der Waals surface area contributed by atoms with Crippen molar-refractivity contribution in [3.8, 4) is 0 Å². The number of carbonyl (C=O) groups is 2. The molecule has 0 saturated carbocycles. The summed E-state index contributed by atoms with van der Waals surface area (Å²) in [7, 11) is 0. The van der Waals surface area contributed by atoms with Gasteiger partial charge in [0.15, 0.2) is 0 Å². The Labute approximate surface area is 97.8 Å². The molecule has 0 aromatic heterocycles. The molecule has 1 rings (SSSR count). The summed E-state index contributed by atoms with van der Waals surface area (Å²) in [6, 6.07) is 0. The Kier molecular flexibility index (Phi) is 5.55. The average molecular weight is 197 g/mol. The standard InChI is InChI=1S/C7H11NO4.Na.H/c9-6(10)4-1-2-8-3-5(4)7(11)12;;/h4-5,8H,1-3H2,(H,9,10)(H,11,12);;. The predicted octanol–water partition coefficient (Wildman–Crippen LogP) is -1.27. The summed E-state index contributed by atoms with van der Waals surface area (Å²) in [4.78, 5) is 21.1. The molecule has 1 aliphatic rings. The number of carboxylic acid groups (broad SMARTS) is 2. The molecule has 13 heavy (non-hydrogen) atoms. The normalized spacial score (nSPS) is 27.4. The molecule has 5 nitrogen and oxygen atoms in total. The van der Waals surface area contributed by atoms with Crippen molar-refractivity contribution in [2.75, 3.05) is 13.1 Å². The van der Waals surface area contributed by atoms with Crippen molar-refractivity contribution >= 4 is 41.5 Å². The number of nitrogens with one attached hydrogen (secondary N) is 1. The molecule has 0 bridgehead atoms. The predicted molar refractivity (Wildman–Crippen MR) is 46.9 cm³/mol. The molecule has 1 saturated heterocycles. The topological polar surface area (TPSA) is 86.6 Å². The van der Waals surface area contributed by atoms with Crippen LogP contribution in [0.4, 0.5) is 0 Å². The Morgan fingerprint density at radius 2 is 1.69 bits per heavy atom. The van der Waals surface area contributed by atoms with Crippen molar-refractivity contribution in [1.29, 1.82) is 0 Å². The number of hydrogen-bond acceptors (Lipinski definition) is 3. The Morgan fingerprint density at radius 3 is 2.08 bits per heavy atom. The second kappa shape index (κ2) is 5.59. The van der Waals surface area contributed by atoms with Crippen LogP contribution >= 0.6 is 0 Å². The monoisotopic (exact) mass is 197 g/mol. The van der Waals surface area contributed by atoms with Crippen molar-refractivity contribution in [2.45, 2.75) is 6.42 Å². The zero-order valence-electron chi connectivity index (χ0n) is 6.49. The third-order valence-corrected chi connectivity index (χ3v) is 2.12. The molecular weight excluding hydrogens is 185 g/mol. The van der Waals surface area contributed by atoms with Crippen LogP contribution in [-0.4, -0.2) is 64.8 Å². The maximum absolute atomic E-state index is 10.6. The van der Waals surface area contributed by atoms with Gasteiger partial charge in [0, 0.05) is 6.54 Å². The number of aliphatic carboxylic acids is 2. The Morgan fingerprint density at radius 1 is 1.15 bits per heavy atom. The van der Waals surface area contributed by atoms with Crippen LogP contribution in [0.1, 0.15) is 6.42 Å². The Balaban J connectivity index is 0.00000144. The summed E-state index contributed by atoms with van der Waals surface area (Å²) in [6.45, 7) is 0.840. The van der Waals surface area contributed by atoms with Crippen LogP contribution in [-0.2, 0) is 9.59 Å². The first-order valence-corrected chi connectivity index (χ1v) is 3.79. The van der Waals surface area contributed by atoms with Gasteiger partial charge in [-0.3, -0.25) is 9.59 Å². The van der Waals surface area contributed by atoms with E-state index < -0.39 is 23.8 Å². The third kappa shape index (κ3) is 3.27. The zero-order valence-corrected chi connectivity index (χ0v) is 6.49. The van der Waals surface area contributed by atoms with Gasteiger partial charge < -0.3 is 15.5 Å². The van der Waals surface area contributed by atoms with Gasteiger partial charge in [0.05, 0.1) is 11.8 Å². The molecule has 0 aliphatic carbocycles.